The van der Waals surface area contributed by atoms with Gasteiger partial charge >= 0.3 is 0 Å². The summed E-state index contributed by atoms with van der Waals surface area (Å²) in [7, 11) is 0. The average molecular weight is 274 g/mol. The monoisotopic (exact) mass is 273 g/mol. The molecule has 3 nitrogen and oxygen atoms in total. The number of anilines is 1. The Morgan fingerprint density at radius 1 is 1.50 bits per heavy atom. The van der Waals surface area contributed by atoms with E-state index in [2.05, 4.69) is 30.8 Å². The summed E-state index contributed by atoms with van der Waals surface area (Å²) in [6.07, 6.45) is 3.60. The molecule has 2 rings (SSSR count). The summed E-state index contributed by atoms with van der Waals surface area (Å²) in [6.45, 7) is 1.05. The molecule has 0 bridgehead atoms. The van der Waals surface area contributed by atoms with Crippen LogP contribution in [0.1, 0.15) is 0 Å². The molecule has 1 unspecified atom stereocenters. The van der Waals surface area contributed by atoms with Crippen LogP contribution in [0.15, 0.2) is 18.5 Å². The Hall–Kier alpha value is -0.290. The van der Waals surface area contributed by atoms with Crippen LogP contribution >= 0.6 is 27.7 Å². The summed E-state index contributed by atoms with van der Waals surface area (Å²) < 4.78 is 0. The van der Waals surface area contributed by atoms with Crippen molar-refractivity contribution in [3.8, 4) is 0 Å². The van der Waals surface area contributed by atoms with E-state index in [9.17, 15) is 0 Å². The van der Waals surface area contributed by atoms with E-state index in [1.807, 2.05) is 17.8 Å². The van der Waals surface area contributed by atoms with E-state index in [4.69, 9.17) is 0 Å². The maximum atomic E-state index is 4.29. The lowest BCUT2D eigenvalue weighted by Gasteiger charge is -2.34. The lowest BCUT2D eigenvalue weighted by molar-refractivity contribution is 0.688. The number of alkyl halides is 1. The van der Waals surface area contributed by atoms with E-state index in [0.29, 0.717) is 6.04 Å². The summed E-state index contributed by atoms with van der Waals surface area (Å²) in [5, 5.41) is 0.984. The number of thioether (sulfide) groups is 1. The third-order valence-corrected chi connectivity index (χ3v) is 4.05. The van der Waals surface area contributed by atoms with Crippen LogP contribution in [-0.2, 0) is 0 Å². The van der Waals surface area contributed by atoms with Crippen LogP contribution in [0.25, 0.3) is 0 Å². The molecule has 1 aliphatic heterocycles. The van der Waals surface area contributed by atoms with Crippen LogP contribution < -0.4 is 4.90 Å². The van der Waals surface area contributed by atoms with Gasteiger partial charge in [-0.05, 0) is 6.07 Å². The molecular formula is C9H12BrN3S. The van der Waals surface area contributed by atoms with Crippen molar-refractivity contribution in [1.29, 1.82) is 0 Å². The van der Waals surface area contributed by atoms with Crippen LogP contribution in [0, 0.1) is 0 Å². The molecule has 14 heavy (non-hydrogen) atoms. The molecule has 2 heterocycles. The molecule has 0 amide bonds. The lowest BCUT2D eigenvalue weighted by atomic mass is 10.3. The minimum Gasteiger partial charge on any atom is -0.335 e. The van der Waals surface area contributed by atoms with Gasteiger partial charge in [0.05, 0.1) is 6.04 Å². The van der Waals surface area contributed by atoms with Crippen LogP contribution in [0.2, 0.25) is 0 Å². The van der Waals surface area contributed by atoms with Gasteiger partial charge in [-0.15, -0.1) is 0 Å². The van der Waals surface area contributed by atoms with Crippen LogP contribution in [0.5, 0.6) is 0 Å². The highest BCUT2D eigenvalue weighted by atomic mass is 79.9. The van der Waals surface area contributed by atoms with Gasteiger partial charge in [-0.3, -0.25) is 0 Å². The molecule has 0 radical (unpaired) electrons. The van der Waals surface area contributed by atoms with Crippen molar-refractivity contribution < 1.29 is 0 Å². The summed E-state index contributed by atoms with van der Waals surface area (Å²) in [6, 6.07) is 2.38. The van der Waals surface area contributed by atoms with Crippen LogP contribution in [-0.4, -0.2) is 39.4 Å². The van der Waals surface area contributed by atoms with E-state index in [0.717, 1.165) is 23.6 Å². The molecule has 1 saturated heterocycles. The van der Waals surface area contributed by atoms with E-state index in [1.54, 1.807) is 12.4 Å². The van der Waals surface area contributed by atoms with Gasteiger partial charge in [0, 0.05) is 35.8 Å². The number of halogens is 1. The van der Waals surface area contributed by atoms with Crippen molar-refractivity contribution in [2.75, 3.05) is 28.3 Å². The first kappa shape index (κ1) is 10.2. The molecule has 0 N–H and O–H groups in total. The van der Waals surface area contributed by atoms with Crippen molar-refractivity contribution in [3.05, 3.63) is 18.5 Å². The van der Waals surface area contributed by atoms with E-state index < -0.39 is 0 Å². The summed E-state index contributed by atoms with van der Waals surface area (Å²) in [5.41, 5.74) is 0. The largest absolute Gasteiger partial charge is 0.335 e. The molecule has 1 atom stereocenters. The van der Waals surface area contributed by atoms with Gasteiger partial charge in [-0.1, -0.05) is 15.9 Å². The topological polar surface area (TPSA) is 29.0 Å². The van der Waals surface area contributed by atoms with E-state index >= 15 is 0 Å². The molecule has 76 valence electrons. The Bertz CT molecular complexity index is 283. The quantitative estimate of drug-likeness (QED) is 0.769. The van der Waals surface area contributed by atoms with Gasteiger partial charge in [0.1, 0.15) is 0 Å². The zero-order valence-electron chi connectivity index (χ0n) is 7.77. The SMILES string of the molecule is BrCC1CSCCN1c1ncccn1. The normalized spacial score (nSPS) is 22.4. The minimum absolute atomic E-state index is 0.524. The first-order chi connectivity index (χ1) is 6.92. The van der Waals surface area contributed by atoms with E-state index in [1.165, 1.54) is 5.75 Å². The highest BCUT2D eigenvalue weighted by Crippen LogP contribution is 2.21. The summed E-state index contributed by atoms with van der Waals surface area (Å²) >= 11 is 5.54. The third-order valence-electron chi connectivity index (χ3n) is 2.21. The fraction of sp³-hybridized carbons (Fsp3) is 0.556. The summed E-state index contributed by atoms with van der Waals surface area (Å²) in [5.74, 6) is 3.18. The maximum absolute atomic E-state index is 4.29. The molecule has 1 aromatic rings. The molecule has 1 aliphatic rings. The van der Waals surface area contributed by atoms with Crippen molar-refractivity contribution in [3.63, 3.8) is 0 Å². The standard InChI is InChI=1S/C9H12BrN3S/c10-6-8-7-14-5-4-13(8)9-11-2-1-3-12-9/h1-3,8H,4-7H2. The van der Waals surface area contributed by atoms with Gasteiger partial charge in [-0.2, -0.15) is 11.8 Å². The first-order valence-electron chi connectivity index (χ1n) is 4.59. The van der Waals surface area contributed by atoms with Gasteiger partial charge < -0.3 is 4.90 Å². The number of aromatic nitrogens is 2. The Labute approximate surface area is 96.4 Å². The van der Waals surface area contributed by atoms with E-state index in [-0.39, 0.29) is 0 Å². The number of rotatable bonds is 2. The molecule has 0 aliphatic carbocycles. The molecule has 0 saturated carbocycles. The Kier molecular flexibility index (Phi) is 3.64. The smallest absolute Gasteiger partial charge is 0.225 e. The maximum Gasteiger partial charge on any atom is 0.225 e. The minimum atomic E-state index is 0.524. The zero-order chi connectivity index (χ0) is 9.80. The molecule has 1 aromatic heterocycles. The highest BCUT2D eigenvalue weighted by Gasteiger charge is 2.23. The fourth-order valence-corrected chi connectivity index (χ4v) is 3.43. The van der Waals surface area contributed by atoms with Gasteiger partial charge in [0.2, 0.25) is 5.95 Å². The Balaban J connectivity index is 2.15. The second-order valence-corrected chi connectivity index (χ2v) is 4.92. The van der Waals surface area contributed by atoms with Crippen LogP contribution in [0.4, 0.5) is 5.95 Å². The van der Waals surface area contributed by atoms with Crippen molar-refractivity contribution >= 4 is 33.6 Å². The van der Waals surface area contributed by atoms with Crippen molar-refractivity contribution in [2.24, 2.45) is 0 Å². The second kappa shape index (κ2) is 4.98. The number of hydrogen-bond donors (Lipinski definition) is 0. The fourth-order valence-electron chi connectivity index (χ4n) is 1.49. The Morgan fingerprint density at radius 3 is 3.00 bits per heavy atom. The summed E-state index contributed by atoms with van der Waals surface area (Å²) in [4.78, 5) is 10.9. The first-order valence-corrected chi connectivity index (χ1v) is 6.87. The van der Waals surface area contributed by atoms with Crippen LogP contribution in [0.3, 0.4) is 0 Å². The average Bonchev–Trinajstić information content (AvgIpc) is 2.30. The number of hydrogen-bond acceptors (Lipinski definition) is 4. The zero-order valence-corrected chi connectivity index (χ0v) is 10.2. The van der Waals surface area contributed by atoms with Gasteiger partial charge in [-0.25, -0.2) is 9.97 Å². The van der Waals surface area contributed by atoms with Gasteiger partial charge in [0.15, 0.2) is 0 Å². The lowest BCUT2D eigenvalue weighted by Crippen LogP contribution is -2.44. The van der Waals surface area contributed by atoms with Crippen molar-refractivity contribution in [2.45, 2.75) is 6.04 Å². The van der Waals surface area contributed by atoms with Crippen molar-refractivity contribution in [1.82, 2.24) is 9.97 Å². The predicted molar refractivity (Wildman–Crippen MR) is 64.3 cm³/mol. The third kappa shape index (κ3) is 2.20. The molecule has 0 spiro atoms. The number of nitrogens with zero attached hydrogens (tertiary/aromatic N) is 3. The highest BCUT2D eigenvalue weighted by molar-refractivity contribution is 9.09. The molecule has 5 heteroatoms. The Morgan fingerprint density at radius 2 is 2.29 bits per heavy atom. The van der Waals surface area contributed by atoms with Gasteiger partial charge in [0.25, 0.3) is 0 Å². The second-order valence-electron chi connectivity index (χ2n) is 3.13. The molecular weight excluding hydrogens is 262 g/mol. The predicted octanol–water partition coefficient (Wildman–Crippen LogP) is 1.79. The molecule has 0 aromatic carbocycles. The molecule has 1 fully saturated rings.